The van der Waals surface area contributed by atoms with E-state index in [1.165, 1.54) is 0 Å². The van der Waals surface area contributed by atoms with E-state index in [4.69, 9.17) is 17.3 Å². The van der Waals surface area contributed by atoms with Gasteiger partial charge in [-0.25, -0.2) is 13.1 Å². The standard InChI is InChI=1S/C8H13ClN2O2S2/c1-5-3-7(14-8(5)9)15(12,13)11-4-6(2)10/h3,6,11H,4,10H2,1-2H3. The number of hydrogen-bond acceptors (Lipinski definition) is 4. The minimum atomic E-state index is -3.45. The van der Waals surface area contributed by atoms with Crippen molar-refractivity contribution in [1.29, 1.82) is 0 Å². The van der Waals surface area contributed by atoms with E-state index < -0.39 is 10.0 Å². The van der Waals surface area contributed by atoms with Gasteiger partial charge >= 0.3 is 0 Å². The predicted molar refractivity (Wildman–Crippen MR) is 62.9 cm³/mol. The van der Waals surface area contributed by atoms with Gasteiger partial charge in [0, 0.05) is 12.6 Å². The molecule has 86 valence electrons. The van der Waals surface area contributed by atoms with Crippen LogP contribution in [0.2, 0.25) is 4.34 Å². The summed E-state index contributed by atoms with van der Waals surface area (Å²) in [5, 5.41) is 0. The number of hydrogen-bond donors (Lipinski definition) is 2. The third kappa shape index (κ3) is 3.42. The first-order valence-electron chi connectivity index (χ1n) is 4.34. The normalized spacial score (nSPS) is 14.1. The lowest BCUT2D eigenvalue weighted by Gasteiger charge is -2.06. The van der Waals surface area contributed by atoms with E-state index in [9.17, 15) is 8.42 Å². The van der Waals surface area contributed by atoms with Crippen LogP contribution in [0.5, 0.6) is 0 Å². The highest BCUT2D eigenvalue weighted by Crippen LogP contribution is 2.29. The summed E-state index contributed by atoms with van der Waals surface area (Å²) in [5.74, 6) is 0. The summed E-state index contributed by atoms with van der Waals surface area (Å²) < 4.78 is 26.5. The first kappa shape index (κ1) is 12.9. The van der Waals surface area contributed by atoms with Gasteiger partial charge in [-0.15, -0.1) is 11.3 Å². The van der Waals surface area contributed by atoms with Gasteiger partial charge < -0.3 is 5.73 Å². The van der Waals surface area contributed by atoms with Gasteiger partial charge in [-0.1, -0.05) is 11.6 Å². The molecular weight excluding hydrogens is 256 g/mol. The Hall–Kier alpha value is -0.140. The largest absolute Gasteiger partial charge is 0.327 e. The molecule has 15 heavy (non-hydrogen) atoms. The second kappa shape index (κ2) is 4.80. The molecule has 4 nitrogen and oxygen atoms in total. The molecule has 1 heterocycles. The molecule has 7 heteroatoms. The summed E-state index contributed by atoms with van der Waals surface area (Å²) in [6.07, 6.45) is 0. The Labute approximate surface area is 98.5 Å². The highest BCUT2D eigenvalue weighted by atomic mass is 35.5. The quantitative estimate of drug-likeness (QED) is 0.866. The van der Waals surface area contributed by atoms with Crippen LogP contribution in [0.4, 0.5) is 0 Å². The fourth-order valence-corrected chi connectivity index (χ4v) is 3.77. The van der Waals surface area contributed by atoms with Gasteiger partial charge in [0.15, 0.2) is 0 Å². The summed E-state index contributed by atoms with van der Waals surface area (Å²) in [4.78, 5) is 0. The van der Waals surface area contributed by atoms with Gasteiger partial charge in [-0.3, -0.25) is 0 Å². The van der Waals surface area contributed by atoms with E-state index in [-0.39, 0.29) is 16.8 Å². The highest BCUT2D eigenvalue weighted by molar-refractivity contribution is 7.91. The summed E-state index contributed by atoms with van der Waals surface area (Å²) in [6, 6.07) is 1.34. The maximum atomic E-state index is 11.7. The molecule has 0 saturated carbocycles. The monoisotopic (exact) mass is 268 g/mol. The molecule has 1 atom stereocenters. The van der Waals surface area contributed by atoms with E-state index in [1.54, 1.807) is 19.9 Å². The number of sulfonamides is 1. The van der Waals surface area contributed by atoms with Crippen molar-refractivity contribution in [2.75, 3.05) is 6.54 Å². The Bertz CT molecular complexity index is 420. The zero-order valence-corrected chi connectivity index (χ0v) is 10.8. The number of halogens is 1. The Balaban J connectivity index is 2.87. The van der Waals surface area contributed by atoms with Crippen molar-refractivity contribution in [3.63, 3.8) is 0 Å². The number of aryl methyl sites for hydroxylation is 1. The third-order valence-corrected chi connectivity index (χ3v) is 5.15. The van der Waals surface area contributed by atoms with Crippen LogP contribution in [0, 0.1) is 6.92 Å². The Morgan fingerprint density at radius 2 is 2.27 bits per heavy atom. The molecule has 1 rings (SSSR count). The molecule has 3 N–H and O–H groups in total. The van der Waals surface area contributed by atoms with Crippen molar-refractivity contribution in [2.24, 2.45) is 5.73 Å². The fraction of sp³-hybridized carbons (Fsp3) is 0.500. The van der Waals surface area contributed by atoms with E-state index in [2.05, 4.69) is 4.72 Å². The number of nitrogens with one attached hydrogen (secondary N) is 1. The minimum absolute atomic E-state index is 0.212. The number of nitrogens with two attached hydrogens (primary N) is 1. The molecule has 0 fully saturated rings. The summed E-state index contributed by atoms with van der Waals surface area (Å²) >= 11 is 6.85. The molecule has 0 bridgehead atoms. The lowest BCUT2D eigenvalue weighted by molar-refractivity contribution is 0.576. The van der Waals surface area contributed by atoms with E-state index in [1.807, 2.05) is 0 Å². The van der Waals surface area contributed by atoms with Gasteiger partial charge in [0.05, 0.1) is 4.34 Å². The van der Waals surface area contributed by atoms with Crippen LogP contribution < -0.4 is 10.5 Å². The van der Waals surface area contributed by atoms with Gasteiger partial charge in [0.25, 0.3) is 0 Å². The van der Waals surface area contributed by atoms with Crippen molar-refractivity contribution in [1.82, 2.24) is 4.72 Å². The van der Waals surface area contributed by atoms with Crippen molar-refractivity contribution >= 4 is 33.0 Å². The van der Waals surface area contributed by atoms with Gasteiger partial charge in [0.1, 0.15) is 4.21 Å². The molecule has 0 radical (unpaired) electrons. The Kier molecular flexibility index (Phi) is 4.13. The van der Waals surface area contributed by atoms with Crippen molar-refractivity contribution in [2.45, 2.75) is 24.1 Å². The maximum Gasteiger partial charge on any atom is 0.250 e. The molecule has 1 aromatic heterocycles. The average molecular weight is 269 g/mol. The molecule has 1 aromatic rings. The van der Waals surface area contributed by atoms with Crippen molar-refractivity contribution in [3.05, 3.63) is 16.0 Å². The molecule has 0 aliphatic heterocycles. The lowest BCUT2D eigenvalue weighted by atomic mass is 10.4. The van der Waals surface area contributed by atoms with Gasteiger partial charge in [0.2, 0.25) is 10.0 Å². The van der Waals surface area contributed by atoms with Crippen LogP contribution in [0.25, 0.3) is 0 Å². The fourth-order valence-electron chi connectivity index (χ4n) is 0.877. The highest BCUT2D eigenvalue weighted by Gasteiger charge is 2.18. The topological polar surface area (TPSA) is 72.2 Å². The average Bonchev–Trinajstić information content (AvgIpc) is 2.45. The zero-order valence-electron chi connectivity index (χ0n) is 8.45. The van der Waals surface area contributed by atoms with Crippen LogP contribution in [0.15, 0.2) is 10.3 Å². The molecule has 1 unspecified atom stereocenters. The second-order valence-corrected chi connectivity index (χ2v) is 7.00. The third-order valence-electron chi connectivity index (χ3n) is 1.69. The lowest BCUT2D eigenvalue weighted by Crippen LogP contribution is -2.34. The number of thiophene rings is 1. The molecule has 0 spiro atoms. The SMILES string of the molecule is Cc1cc(S(=O)(=O)NCC(C)N)sc1Cl. The molecule has 0 aliphatic carbocycles. The van der Waals surface area contributed by atoms with E-state index in [0.29, 0.717) is 4.34 Å². The van der Waals surface area contributed by atoms with E-state index in [0.717, 1.165) is 16.9 Å². The molecular formula is C8H13ClN2O2S2. The summed E-state index contributed by atoms with van der Waals surface area (Å²) in [6.45, 7) is 3.72. The smallest absolute Gasteiger partial charge is 0.250 e. The molecule has 0 saturated heterocycles. The van der Waals surface area contributed by atoms with Crippen LogP contribution in [-0.4, -0.2) is 21.0 Å². The maximum absolute atomic E-state index is 11.7. The summed E-state index contributed by atoms with van der Waals surface area (Å²) in [5.41, 5.74) is 6.23. The zero-order chi connectivity index (χ0) is 11.6. The van der Waals surface area contributed by atoms with Crippen molar-refractivity contribution in [3.8, 4) is 0 Å². The van der Waals surface area contributed by atoms with Crippen molar-refractivity contribution < 1.29 is 8.42 Å². The minimum Gasteiger partial charge on any atom is -0.327 e. The van der Waals surface area contributed by atoms with Crippen LogP contribution in [0.1, 0.15) is 12.5 Å². The first-order valence-corrected chi connectivity index (χ1v) is 7.02. The number of rotatable bonds is 4. The second-order valence-electron chi connectivity index (χ2n) is 3.35. The van der Waals surface area contributed by atoms with Crippen LogP contribution >= 0.6 is 22.9 Å². The molecule has 0 aliphatic rings. The molecule has 0 aromatic carbocycles. The summed E-state index contributed by atoms with van der Waals surface area (Å²) in [7, 11) is -3.45. The Morgan fingerprint density at radius 3 is 2.67 bits per heavy atom. The molecule has 0 amide bonds. The first-order chi connectivity index (χ1) is 6.83. The van der Waals surface area contributed by atoms with Gasteiger partial charge in [-0.05, 0) is 25.5 Å². The van der Waals surface area contributed by atoms with Gasteiger partial charge in [-0.2, -0.15) is 0 Å². The van der Waals surface area contributed by atoms with Crippen LogP contribution in [-0.2, 0) is 10.0 Å². The van der Waals surface area contributed by atoms with Crippen LogP contribution in [0.3, 0.4) is 0 Å². The predicted octanol–water partition coefficient (Wildman–Crippen LogP) is 1.34. The Morgan fingerprint density at radius 1 is 1.67 bits per heavy atom. The van der Waals surface area contributed by atoms with E-state index >= 15 is 0 Å².